The van der Waals surface area contributed by atoms with Crippen LogP contribution in [0, 0.1) is 5.92 Å². The van der Waals surface area contributed by atoms with E-state index in [0.29, 0.717) is 11.3 Å². The first kappa shape index (κ1) is 14.7. The van der Waals surface area contributed by atoms with Crippen molar-refractivity contribution in [2.75, 3.05) is 11.0 Å². The molecule has 0 saturated carbocycles. The Morgan fingerprint density at radius 3 is 2.28 bits per heavy atom. The van der Waals surface area contributed by atoms with E-state index in [2.05, 4.69) is 4.72 Å². The molecule has 1 atom stereocenters. The number of hydrogen-bond acceptors (Lipinski definition) is 3. The number of rotatable bonds is 6. The normalized spacial score (nSPS) is 13.1. The number of carbonyl (C=O) groups is 1. The van der Waals surface area contributed by atoms with Gasteiger partial charge in [-0.05, 0) is 30.7 Å². The minimum Gasteiger partial charge on any atom is -0.294 e. The lowest BCUT2D eigenvalue weighted by Crippen LogP contribution is -2.12. The fourth-order valence-electron chi connectivity index (χ4n) is 1.77. The lowest BCUT2D eigenvalue weighted by molar-refractivity contribution is 0.0923. The third-order valence-corrected chi connectivity index (χ3v) is 3.25. The second kappa shape index (κ2) is 6.00. The molecule has 1 aromatic rings. The van der Waals surface area contributed by atoms with E-state index in [4.69, 9.17) is 0 Å². The zero-order valence-electron chi connectivity index (χ0n) is 10.9. The van der Waals surface area contributed by atoms with Crippen molar-refractivity contribution >= 4 is 21.5 Å². The van der Waals surface area contributed by atoms with E-state index in [-0.39, 0.29) is 11.7 Å². The number of nitrogens with one attached hydrogen (secondary N) is 1. The molecule has 0 spiro atoms. The van der Waals surface area contributed by atoms with Crippen molar-refractivity contribution in [3.05, 3.63) is 29.8 Å². The molecule has 1 rings (SSSR count). The van der Waals surface area contributed by atoms with Crippen molar-refractivity contribution in [2.24, 2.45) is 5.92 Å². The third kappa shape index (κ3) is 4.49. The Balaban J connectivity index is 2.80. The summed E-state index contributed by atoms with van der Waals surface area (Å²) < 4.78 is 24.4. The number of hydrogen-bond donors (Lipinski definition) is 1. The predicted octanol–water partition coefficient (Wildman–Crippen LogP) is 2.68. The van der Waals surface area contributed by atoms with E-state index in [1.807, 2.05) is 13.8 Å². The first-order valence-electron chi connectivity index (χ1n) is 5.95. The summed E-state index contributed by atoms with van der Waals surface area (Å²) in [6, 6.07) is 6.52. The highest BCUT2D eigenvalue weighted by Gasteiger charge is 2.14. The van der Waals surface area contributed by atoms with Crippen molar-refractivity contribution < 1.29 is 13.2 Å². The van der Waals surface area contributed by atoms with Gasteiger partial charge >= 0.3 is 0 Å². The molecule has 0 saturated heterocycles. The minimum absolute atomic E-state index is 0.00344. The van der Waals surface area contributed by atoms with E-state index in [1.54, 1.807) is 24.3 Å². The second-order valence-electron chi connectivity index (χ2n) is 4.51. The van der Waals surface area contributed by atoms with Crippen LogP contribution in [0.5, 0.6) is 0 Å². The van der Waals surface area contributed by atoms with E-state index < -0.39 is 10.0 Å². The molecule has 0 aliphatic carbocycles. The zero-order chi connectivity index (χ0) is 13.8. The molecule has 100 valence electrons. The van der Waals surface area contributed by atoms with E-state index in [0.717, 1.165) is 19.1 Å². The molecule has 1 unspecified atom stereocenters. The van der Waals surface area contributed by atoms with Gasteiger partial charge in [0, 0.05) is 17.2 Å². The fourth-order valence-corrected chi connectivity index (χ4v) is 2.33. The third-order valence-electron chi connectivity index (χ3n) is 2.64. The number of benzene rings is 1. The van der Waals surface area contributed by atoms with Crippen LogP contribution in [-0.2, 0) is 10.0 Å². The van der Waals surface area contributed by atoms with Gasteiger partial charge in [-0.15, -0.1) is 0 Å². The number of sulfonamides is 1. The average molecular weight is 269 g/mol. The maximum atomic E-state index is 12.0. The Morgan fingerprint density at radius 1 is 1.28 bits per heavy atom. The van der Waals surface area contributed by atoms with Crippen LogP contribution in [0.3, 0.4) is 0 Å². The quantitative estimate of drug-likeness (QED) is 0.808. The molecule has 5 heteroatoms. The Kier molecular flexibility index (Phi) is 4.90. The van der Waals surface area contributed by atoms with Crippen LogP contribution in [0.2, 0.25) is 0 Å². The summed E-state index contributed by atoms with van der Waals surface area (Å²) in [7, 11) is -3.27. The molecule has 18 heavy (non-hydrogen) atoms. The lowest BCUT2D eigenvalue weighted by Gasteiger charge is -2.09. The van der Waals surface area contributed by atoms with Crippen LogP contribution in [0.4, 0.5) is 5.69 Å². The fraction of sp³-hybridized carbons (Fsp3) is 0.462. The lowest BCUT2D eigenvalue weighted by atomic mass is 9.95. The van der Waals surface area contributed by atoms with Gasteiger partial charge in [0.2, 0.25) is 10.0 Å². The first-order valence-corrected chi connectivity index (χ1v) is 7.84. The molecule has 0 aromatic heterocycles. The monoisotopic (exact) mass is 269 g/mol. The molecular weight excluding hydrogens is 250 g/mol. The number of anilines is 1. The largest absolute Gasteiger partial charge is 0.294 e. The summed E-state index contributed by atoms with van der Waals surface area (Å²) in [4.78, 5) is 12.0. The Morgan fingerprint density at radius 2 is 1.83 bits per heavy atom. The topological polar surface area (TPSA) is 63.2 Å². The number of ketones is 1. The van der Waals surface area contributed by atoms with Crippen LogP contribution in [0.1, 0.15) is 37.0 Å². The van der Waals surface area contributed by atoms with Crippen molar-refractivity contribution in [1.29, 1.82) is 0 Å². The number of Topliss-reactive ketones (excluding diaryl/α,β-unsaturated/α-hetero) is 1. The van der Waals surface area contributed by atoms with Crippen LogP contribution in [0.25, 0.3) is 0 Å². The molecule has 4 nitrogen and oxygen atoms in total. The summed E-state index contributed by atoms with van der Waals surface area (Å²) in [5.74, 6) is 0.103. The van der Waals surface area contributed by atoms with Crippen molar-refractivity contribution in [1.82, 2.24) is 0 Å². The maximum absolute atomic E-state index is 12.0. The van der Waals surface area contributed by atoms with E-state index in [1.165, 1.54) is 0 Å². The van der Waals surface area contributed by atoms with E-state index >= 15 is 0 Å². The van der Waals surface area contributed by atoms with Gasteiger partial charge in [0.25, 0.3) is 0 Å². The SMILES string of the molecule is CCCC(C)C(=O)c1ccc(NS(C)(=O)=O)cc1. The highest BCUT2D eigenvalue weighted by atomic mass is 32.2. The highest BCUT2D eigenvalue weighted by Crippen LogP contribution is 2.16. The Hall–Kier alpha value is -1.36. The van der Waals surface area contributed by atoms with Gasteiger partial charge in [0.15, 0.2) is 5.78 Å². The summed E-state index contributed by atoms with van der Waals surface area (Å²) in [5.41, 5.74) is 1.09. The zero-order valence-corrected chi connectivity index (χ0v) is 11.8. The summed E-state index contributed by atoms with van der Waals surface area (Å²) in [6.07, 6.45) is 2.93. The van der Waals surface area contributed by atoms with Gasteiger partial charge in [0.05, 0.1) is 6.26 Å². The first-order chi connectivity index (χ1) is 8.33. The van der Waals surface area contributed by atoms with Crippen LogP contribution >= 0.6 is 0 Å². The van der Waals surface area contributed by atoms with Gasteiger partial charge in [-0.1, -0.05) is 20.3 Å². The summed E-state index contributed by atoms with van der Waals surface area (Å²) in [5, 5.41) is 0. The molecule has 0 fully saturated rings. The molecule has 1 aromatic carbocycles. The van der Waals surface area contributed by atoms with Gasteiger partial charge in [-0.3, -0.25) is 9.52 Å². The minimum atomic E-state index is -3.27. The van der Waals surface area contributed by atoms with E-state index in [9.17, 15) is 13.2 Å². The van der Waals surface area contributed by atoms with Crippen LogP contribution in [-0.4, -0.2) is 20.5 Å². The molecule has 0 heterocycles. The maximum Gasteiger partial charge on any atom is 0.229 e. The molecule has 0 aliphatic heterocycles. The molecule has 0 radical (unpaired) electrons. The van der Waals surface area contributed by atoms with Crippen LogP contribution < -0.4 is 4.72 Å². The molecule has 1 N–H and O–H groups in total. The Labute approximate surface area is 108 Å². The summed E-state index contributed by atoms with van der Waals surface area (Å²) >= 11 is 0. The smallest absolute Gasteiger partial charge is 0.229 e. The van der Waals surface area contributed by atoms with Crippen LogP contribution in [0.15, 0.2) is 24.3 Å². The van der Waals surface area contributed by atoms with Gasteiger partial charge in [0.1, 0.15) is 0 Å². The van der Waals surface area contributed by atoms with Crippen molar-refractivity contribution in [2.45, 2.75) is 26.7 Å². The Bertz CT molecular complexity index is 506. The molecule has 0 aliphatic rings. The highest BCUT2D eigenvalue weighted by molar-refractivity contribution is 7.92. The van der Waals surface area contributed by atoms with Crippen molar-refractivity contribution in [3.63, 3.8) is 0 Å². The molecule has 0 bridgehead atoms. The summed E-state index contributed by atoms with van der Waals surface area (Å²) in [6.45, 7) is 3.96. The molecular formula is C13H19NO3S. The number of carbonyl (C=O) groups excluding carboxylic acids is 1. The second-order valence-corrected chi connectivity index (χ2v) is 6.25. The van der Waals surface area contributed by atoms with Gasteiger partial charge < -0.3 is 0 Å². The standard InChI is InChI=1S/C13H19NO3S/c1-4-5-10(2)13(15)11-6-8-12(9-7-11)14-18(3,16)17/h6-10,14H,4-5H2,1-3H3. The predicted molar refractivity (Wildman–Crippen MR) is 73.3 cm³/mol. The van der Waals surface area contributed by atoms with Gasteiger partial charge in [-0.25, -0.2) is 8.42 Å². The van der Waals surface area contributed by atoms with Gasteiger partial charge in [-0.2, -0.15) is 0 Å². The van der Waals surface area contributed by atoms with Crippen molar-refractivity contribution in [3.8, 4) is 0 Å². The average Bonchev–Trinajstić information content (AvgIpc) is 2.27. The molecule has 0 amide bonds.